The zero-order valence-electron chi connectivity index (χ0n) is 29.8. The van der Waals surface area contributed by atoms with Gasteiger partial charge in [-0.05, 0) is 48.1 Å². The summed E-state index contributed by atoms with van der Waals surface area (Å²) in [6.45, 7) is 1.14. The third-order valence-corrected chi connectivity index (χ3v) is 12.6. The molecule has 0 bridgehead atoms. The Bertz CT molecular complexity index is 1770. The fourth-order valence-electron chi connectivity index (χ4n) is 5.23. The van der Waals surface area contributed by atoms with E-state index in [2.05, 4.69) is 5.32 Å². The van der Waals surface area contributed by atoms with E-state index in [-0.39, 0.29) is 33.7 Å². The minimum absolute atomic E-state index is 0.0325. The molecule has 0 heterocycles. The Morgan fingerprint density at radius 1 is 0.542 bits per heavy atom. The number of aryl methyl sites for hydroxylation is 2. The first-order valence-corrected chi connectivity index (χ1v) is 19.1. The summed E-state index contributed by atoms with van der Waals surface area (Å²) in [5.74, 6) is -40.1. The van der Waals surface area contributed by atoms with Crippen LogP contribution in [0.4, 0.5) is 79.0 Å². The first-order chi connectivity index (χ1) is 26.8. The number of carbonyl (C=O) groups is 2. The number of hydrogen-bond acceptors (Lipinski definition) is 3. The second-order valence-electron chi connectivity index (χ2n) is 13.0. The van der Waals surface area contributed by atoms with Crippen molar-refractivity contribution >= 4 is 41.3 Å². The summed E-state index contributed by atoms with van der Waals surface area (Å²) in [5, 5.41) is 2.45. The van der Waals surface area contributed by atoms with Crippen LogP contribution in [-0.4, -0.2) is 70.4 Å². The minimum atomic E-state index is -7.08. The molecular formula is C36H30F18NO2PS. The van der Waals surface area contributed by atoms with E-state index in [0.717, 1.165) is 31.2 Å². The van der Waals surface area contributed by atoms with Gasteiger partial charge in [-0.2, -0.15) is 79.0 Å². The van der Waals surface area contributed by atoms with Crippen LogP contribution in [0, 0.1) is 0 Å². The molecule has 23 heteroatoms. The molecule has 0 saturated carbocycles. The Morgan fingerprint density at radius 3 is 1.25 bits per heavy atom. The average Bonchev–Trinajstić information content (AvgIpc) is 3.13. The zero-order valence-corrected chi connectivity index (χ0v) is 31.5. The number of hydrogen-bond donors (Lipinski definition) is 1. The summed E-state index contributed by atoms with van der Waals surface area (Å²) in [6, 6.07) is 16.3. The van der Waals surface area contributed by atoms with Gasteiger partial charge in [0.05, 0.1) is 0 Å². The van der Waals surface area contributed by atoms with Crippen LogP contribution in [0.1, 0.15) is 36.5 Å². The highest BCUT2D eigenvalue weighted by molar-refractivity contribution is 8.18. The molecule has 0 aromatic heterocycles. The third-order valence-electron chi connectivity index (χ3n) is 8.65. The average molecular weight is 914 g/mol. The van der Waals surface area contributed by atoms with Crippen LogP contribution in [0.5, 0.6) is 0 Å². The van der Waals surface area contributed by atoms with Crippen LogP contribution < -0.4 is 15.9 Å². The molecule has 1 N–H and O–H groups in total. The van der Waals surface area contributed by atoms with Crippen molar-refractivity contribution in [2.75, 3.05) is 5.49 Å². The van der Waals surface area contributed by atoms with Crippen molar-refractivity contribution in [3.8, 4) is 0 Å². The fraction of sp³-hybridized carbons (Fsp3) is 0.444. The monoisotopic (exact) mass is 913 g/mol. The Labute approximate surface area is 329 Å². The van der Waals surface area contributed by atoms with E-state index in [0.29, 0.717) is 17.3 Å². The van der Waals surface area contributed by atoms with Gasteiger partial charge in [-0.25, -0.2) is 0 Å². The van der Waals surface area contributed by atoms with Crippen molar-refractivity contribution < 1.29 is 88.6 Å². The molecule has 0 radical (unpaired) electrons. The molecule has 1 unspecified atom stereocenters. The number of carbonyl (C=O) groups excluding carboxylic acids is 2. The van der Waals surface area contributed by atoms with Crippen LogP contribution in [-0.2, 0) is 28.9 Å². The quantitative estimate of drug-likeness (QED) is 0.102. The molecule has 3 nitrogen and oxygen atoms in total. The number of alkyl halides is 18. The molecule has 0 aliphatic carbocycles. The van der Waals surface area contributed by atoms with E-state index < -0.39 is 98.6 Å². The number of nitrogens with one attached hydrogen (secondary N) is 1. The molecule has 3 aromatic rings. The first-order valence-electron chi connectivity index (χ1n) is 16.6. The number of rotatable bonds is 18. The Morgan fingerprint density at radius 2 is 0.915 bits per heavy atom. The highest BCUT2D eigenvalue weighted by atomic mass is 32.2. The van der Waals surface area contributed by atoms with Gasteiger partial charge in [0.15, 0.2) is 0 Å². The van der Waals surface area contributed by atoms with Crippen molar-refractivity contribution in [3.05, 3.63) is 95.6 Å². The van der Waals surface area contributed by atoms with Gasteiger partial charge in [0, 0.05) is 31.7 Å². The molecule has 0 fully saturated rings. The molecule has 59 heavy (non-hydrogen) atoms. The zero-order chi connectivity index (χ0) is 45.0. The normalized spacial score (nSPS) is 14.4. The maximum Gasteiger partial charge on any atom is 0.460 e. The smallest absolute Gasteiger partial charge is 0.345 e. The standard InChI is InChI=1S/C36H30F18NO2PS/c1-21(56)55-27(19-24-5-3-2-4-6-24)28(57)59-20-58(25-11-7-22(8-12-25)15-17-29(37,38)31(41,42)33(45,46)35(49,50)51)26-13-9-23(10-14-26)16-18-30(39,40)32(43,44)34(47,48)36(52,53)54/h2-14,27H,15-20H2,1H3,(H,55,56). The summed E-state index contributed by atoms with van der Waals surface area (Å²) in [5.41, 5.74) is 0.00214. The van der Waals surface area contributed by atoms with Gasteiger partial charge in [0.2, 0.25) is 11.0 Å². The molecular weight excluding hydrogens is 883 g/mol. The first kappa shape index (κ1) is 49.7. The van der Waals surface area contributed by atoms with Crippen LogP contribution in [0.25, 0.3) is 0 Å². The highest BCUT2D eigenvalue weighted by Crippen LogP contribution is 2.55. The van der Waals surface area contributed by atoms with Crippen molar-refractivity contribution in [2.24, 2.45) is 0 Å². The van der Waals surface area contributed by atoms with Crippen LogP contribution >= 0.6 is 19.7 Å². The molecule has 3 aromatic carbocycles. The lowest BCUT2D eigenvalue weighted by Gasteiger charge is -2.33. The second kappa shape index (κ2) is 18.1. The lowest BCUT2D eigenvalue weighted by atomic mass is 9.97. The van der Waals surface area contributed by atoms with Gasteiger partial charge in [0.1, 0.15) is 6.04 Å². The van der Waals surface area contributed by atoms with E-state index in [1.165, 1.54) is 24.3 Å². The summed E-state index contributed by atoms with van der Waals surface area (Å²) >= 11 is 0.677. The predicted octanol–water partition coefficient (Wildman–Crippen LogP) is 10.9. The molecule has 328 valence electrons. The maximum atomic E-state index is 14.2. The van der Waals surface area contributed by atoms with Crippen LogP contribution in [0.3, 0.4) is 0 Å². The Balaban J connectivity index is 1.90. The van der Waals surface area contributed by atoms with Gasteiger partial charge in [-0.3, -0.25) is 9.59 Å². The molecule has 0 spiro atoms. The van der Waals surface area contributed by atoms with Gasteiger partial charge >= 0.3 is 47.9 Å². The van der Waals surface area contributed by atoms with Gasteiger partial charge in [0.25, 0.3) is 0 Å². The fourth-order valence-corrected chi connectivity index (χ4v) is 9.11. The molecule has 0 aliphatic heterocycles. The molecule has 1 atom stereocenters. The topological polar surface area (TPSA) is 46.2 Å². The number of thioether (sulfide) groups is 1. The van der Waals surface area contributed by atoms with Gasteiger partial charge < -0.3 is 5.32 Å². The third kappa shape index (κ3) is 11.2. The molecule has 0 saturated heterocycles. The van der Waals surface area contributed by atoms with E-state index >= 15 is 0 Å². The lowest BCUT2D eigenvalue weighted by Crippen LogP contribution is -2.60. The van der Waals surface area contributed by atoms with Crippen LogP contribution in [0.2, 0.25) is 0 Å². The maximum absolute atomic E-state index is 14.2. The second-order valence-corrected chi connectivity index (χ2v) is 16.6. The van der Waals surface area contributed by atoms with Gasteiger partial charge in [-0.15, -0.1) is 0 Å². The Hall–Kier alpha value is -3.68. The molecule has 0 aliphatic rings. The van der Waals surface area contributed by atoms with E-state index in [4.69, 9.17) is 0 Å². The SMILES string of the molecule is CC(=O)NC(Cc1ccccc1)C(=O)SCP(c1ccc(CCC(F)(F)C(F)(F)C(F)(F)C(F)(F)F)cc1)c1ccc(CCC(F)(F)C(F)(F)C(F)(F)C(F)(F)F)cc1. The van der Waals surface area contributed by atoms with Crippen LogP contribution in [0.15, 0.2) is 78.9 Å². The summed E-state index contributed by atoms with van der Waals surface area (Å²) < 4.78 is 240. The number of halogens is 18. The van der Waals surface area contributed by atoms with Gasteiger partial charge in [-0.1, -0.05) is 90.6 Å². The molecule has 1 amide bonds. The molecule has 3 rings (SSSR count). The predicted molar refractivity (Wildman–Crippen MR) is 183 cm³/mol. The lowest BCUT2D eigenvalue weighted by molar-refractivity contribution is -0.396. The minimum Gasteiger partial charge on any atom is -0.345 e. The Kier molecular flexibility index (Phi) is 15.3. The summed E-state index contributed by atoms with van der Waals surface area (Å²) in [4.78, 5) is 25.3. The van der Waals surface area contributed by atoms with Crippen molar-refractivity contribution in [2.45, 2.75) is 93.0 Å². The number of benzene rings is 3. The largest absolute Gasteiger partial charge is 0.460 e. The van der Waals surface area contributed by atoms with E-state index in [1.54, 1.807) is 30.3 Å². The summed E-state index contributed by atoms with van der Waals surface area (Å²) in [6.07, 6.45) is -20.6. The summed E-state index contributed by atoms with van der Waals surface area (Å²) in [7, 11) is -1.83. The highest BCUT2D eigenvalue weighted by Gasteiger charge is 2.82. The van der Waals surface area contributed by atoms with E-state index in [9.17, 15) is 88.6 Å². The number of amides is 1. The van der Waals surface area contributed by atoms with Crippen molar-refractivity contribution in [3.63, 3.8) is 0 Å². The van der Waals surface area contributed by atoms with Crippen molar-refractivity contribution in [1.29, 1.82) is 0 Å². The van der Waals surface area contributed by atoms with E-state index in [1.807, 2.05) is 0 Å². The van der Waals surface area contributed by atoms with Crippen molar-refractivity contribution in [1.82, 2.24) is 5.32 Å².